The molecule has 4 rings (SSSR count). The van der Waals surface area contributed by atoms with Gasteiger partial charge in [-0.1, -0.05) is 35.5 Å². The fourth-order valence-corrected chi connectivity index (χ4v) is 3.23. The van der Waals surface area contributed by atoms with Crippen LogP contribution in [0.1, 0.15) is 16.8 Å². The first-order valence-corrected chi connectivity index (χ1v) is 8.17. The van der Waals surface area contributed by atoms with Crippen molar-refractivity contribution in [2.75, 3.05) is 13.1 Å². The summed E-state index contributed by atoms with van der Waals surface area (Å²) in [5, 5.41) is 4.86. The number of hydrogen-bond donors (Lipinski definition) is 1. The highest BCUT2D eigenvalue weighted by atomic mass is 16.5. The maximum Gasteiger partial charge on any atom is 0.253 e. The number of carbonyl (C=O) groups is 2. The summed E-state index contributed by atoms with van der Waals surface area (Å²) in [6.45, 7) is 0.918. The Morgan fingerprint density at radius 2 is 1.96 bits per heavy atom. The molecule has 1 aromatic heterocycles. The molecule has 0 saturated carbocycles. The van der Waals surface area contributed by atoms with E-state index >= 15 is 0 Å². The summed E-state index contributed by atoms with van der Waals surface area (Å²) >= 11 is 0. The minimum absolute atomic E-state index is 0.106. The molecule has 0 bridgehead atoms. The van der Waals surface area contributed by atoms with E-state index in [1.54, 1.807) is 23.1 Å². The van der Waals surface area contributed by atoms with Crippen molar-refractivity contribution >= 4 is 22.7 Å². The standard InChI is InChI=1S/C19H17N3O3/c20-18(23)14-8-9-22(11-14)19(24)13-6-7-16-15(10-13)17(25-21-16)12-4-2-1-3-5-12/h1-7,10,14H,8-9,11H2,(H2,20,23)/t14-/m0/s1. The molecule has 1 aliphatic rings. The number of amides is 2. The van der Waals surface area contributed by atoms with E-state index in [-0.39, 0.29) is 17.7 Å². The van der Waals surface area contributed by atoms with Crippen molar-refractivity contribution in [3.8, 4) is 11.3 Å². The molecule has 0 aliphatic carbocycles. The van der Waals surface area contributed by atoms with Crippen molar-refractivity contribution in [1.82, 2.24) is 10.1 Å². The third kappa shape index (κ3) is 2.76. The molecule has 2 N–H and O–H groups in total. The fourth-order valence-electron chi connectivity index (χ4n) is 3.23. The van der Waals surface area contributed by atoms with Crippen LogP contribution in [0.15, 0.2) is 53.1 Å². The number of carbonyl (C=O) groups excluding carboxylic acids is 2. The summed E-state index contributed by atoms with van der Waals surface area (Å²) in [4.78, 5) is 25.7. The summed E-state index contributed by atoms with van der Waals surface area (Å²) in [6, 6.07) is 15.0. The second-order valence-electron chi connectivity index (χ2n) is 6.25. The molecule has 25 heavy (non-hydrogen) atoms. The van der Waals surface area contributed by atoms with Crippen LogP contribution >= 0.6 is 0 Å². The number of likely N-dealkylation sites (tertiary alicyclic amines) is 1. The predicted octanol–water partition coefficient (Wildman–Crippen LogP) is 2.44. The molecule has 6 nitrogen and oxygen atoms in total. The molecule has 1 atom stereocenters. The Morgan fingerprint density at radius 1 is 1.16 bits per heavy atom. The van der Waals surface area contributed by atoms with Crippen molar-refractivity contribution in [3.05, 3.63) is 54.1 Å². The number of nitrogens with zero attached hydrogens (tertiary/aromatic N) is 2. The number of rotatable bonds is 3. The van der Waals surface area contributed by atoms with Gasteiger partial charge in [-0.2, -0.15) is 0 Å². The zero-order chi connectivity index (χ0) is 17.4. The Bertz CT molecular complexity index is 949. The van der Waals surface area contributed by atoms with Crippen molar-refractivity contribution in [1.29, 1.82) is 0 Å². The quantitative estimate of drug-likeness (QED) is 0.796. The van der Waals surface area contributed by atoms with E-state index < -0.39 is 0 Å². The van der Waals surface area contributed by atoms with Crippen LogP contribution in [0.4, 0.5) is 0 Å². The lowest BCUT2D eigenvalue weighted by atomic mass is 10.1. The Kier molecular flexibility index (Phi) is 3.72. The van der Waals surface area contributed by atoms with Crippen LogP contribution < -0.4 is 5.73 Å². The van der Waals surface area contributed by atoms with Gasteiger partial charge in [0.1, 0.15) is 5.52 Å². The van der Waals surface area contributed by atoms with Crippen LogP contribution in [0, 0.1) is 5.92 Å². The predicted molar refractivity (Wildman–Crippen MR) is 92.6 cm³/mol. The second kappa shape index (κ2) is 6.05. The third-order valence-electron chi connectivity index (χ3n) is 4.64. The summed E-state index contributed by atoms with van der Waals surface area (Å²) in [5.74, 6) is -0.0770. The zero-order valence-electron chi connectivity index (χ0n) is 13.5. The molecule has 1 saturated heterocycles. The summed E-state index contributed by atoms with van der Waals surface area (Å²) in [6.07, 6.45) is 0.617. The molecule has 6 heteroatoms. The lowest BCUT2D eigenvalue weighted by Crippen LogP contribution is -2.31. The molecular weight excluding hydrogens is 318 g/mol. The van der Waals surface area contributed by atoms with E-state index in [4.69, 9.17) is 10.3 Å². The van der Waals surface area contributed by atoms with E-state index in [1.807, 2.05) is 30.3 Å². The first-order valence-electron chi connectivity index (χ1n) is 8.17. The molecule has 3 aromatic rings. The van der Waals surface area contributed by atoms with Gasteiger partial charge in [0.05, 0.1) is 11.3 Å². The van der Waals surface area contributed by atoms with Crippen LogP contribution in [-0.4, -0.2) is 35.0 Å². The normalized spacial score (nSPS) is 17.1. The number of hydrogen-bond acceptors (Lipinski definition) is 4. The first kappa shape index (κ1) is 15.4. The Labute approximate surface area is 144 Å². The van der Waals surface area contributed by atoms with E-state index in [0.29, 0.717) is 36.4 Å². The first-order chi connectivity index (χ1) is 12.1. The molecule has 0 radical (unpaired) electrons. The van der Waals surface area contributed by atoms with Crippen molar-refractivity contribution in [2.45, 2.75) is 6.42 Å². The average Bonchev–Trinajstić information content (AvgIpc) is 3.28. The molecule has 2 aromatic carbocycles. The molecule has 1 fully saturated rings. The highest BCUT2D eigenvalue weighted by molar-refractivity contribution is 6.01. The highest BCUT2D eigenvalue weighted by Crippen LogP contribution is 2.30. The number of primary amides is 1. The van der Waals surface area contributed by atoms with Gasteiger partial charge in [-0.3, -0.25) is 9.59 Å². The van der Waals surface area contributed by atoms with Crippen LogP contribution in [0.5, 0.6) is 0 Å². The van der Waals surface area contributed by atoms with Gasteiger partial charge in [-0.15, -0.1) is 0 Å². The fraction of sp³-hybridized carbons (Fsp3) is 0.211. The van der Waals surface area contributed by atoms with Gasteiger partial charge in [0.25, 0.3) is 5.91 Å². The van der Waals surface area contributed by atoms with Gasteiger partial charge in [0.15, 0.2) is 5.76 Å². The third-order valence-corrected chi connectivity index (χ3v) is 4.64. The summed E-state index contributed by atoms with van der Waals surface area (Å²) in [7, 11) is 0. The van der Waals surface area contributed by atoms with Crippen LogP contribution in [0.25, 0.3) is 22.2 Å². The van der Waals surface area contributed by atoms with Gasteiger partial charge in [-0.05, 0) is 24.6 Å². The van der Waals surface area contributed by atoms with Gasteiger partial charge in [0, 0.05) is 24.2 Å². The van der Waals surface area contributed by atoms with Crippen molar-refractivity contribution in [2.24, 2.45) is 11.7 Å². The molecule has 2 heterocycles. The van der Waals surface area contributed by atoms with Gasteiger partial charge in [-0.25, -0.2) is 0 Å². The minimum atomic E-state index is -0.351. The molecular formula is C19H17N3O3. The summed E-state index contributed by atoms with van der Waals surface area (Å²) < 4.78 is 5.47. The van der Waals surface area contributed by atoms with Crippen LogP contribution in [0.2, 0.25) is 0 Å². The maximum atomic E-state index is 12.8. The Balaban J connectivity index is 1.67. The number of aromatic nitrogens is 1. The largest absolute Gasteiger partial charge is 0.369 e. The molecule has 126 valence electrons. The van der Waals surface area contributed by atoms with E-state index in [1.165, 1.54) is 0 Å². The van der Waals surface area contributed by atoms with Crippen LogP contribution in [-0.2, 0) is 4.79 Å². The minimum Gasteiger partial charge on any atom is -0.369 e. The highest BCUT2D eigenvalue weighted by Gasteiger charge is 2.30. The molecule has 0 spiro atoms. The molecule has 2 amide bonds. The lowest BCUT2D eigenvalue weighted by Gasteiger charge is -2.16. The van der Waals surface area contributed by atoms with Gasteiger partial charge >= 0.3 is 0 Å². The van der Waals surface area contributed by atoms with E-state index in [0.717, 1.165) is 10.9 Å². The van der Waals surface area contributed by atoms with E-state index in [2.05, 4.69) is 5.16 Å². The molecule has 1 aliphatic heterocycles. The van der Waals surface area contributed by atoms with Crippen LogP contribution in [0.3, 0.4) is 0 Å². The van der Waals surface area contributed by atoms with Crippen molar-refractivity contribution < 1.29 is 14.1 Å². The maximum absolute atomic E-state index is 12.8. The molecule has 0 unspecified atom stereocenters. The smallest absolute Gasteiger partial charge is 0.253 e. The summed E-state index contributed by atoms with van der Waals surface area (Å²) in [5.41, 5.74) is 7.51. The number of benzene rings is 2. The Hall–Kier alpha value is -3.15. The van der Waals surface area contributed by atoms with Crippen molar-refractivity contribution in [3.63, 3.8) is 0 Å². The lowest BCUT2D eigenvalue weighted by molar-refractivity contribution is -0.121. The SMILES string of the molecule is NC(=O)[C@H]1CCN(C(=O)c2ccc3noc(-c4ccccc4)c3c2)C1. The topological polar surface area (TPSA) is 89.4 Å². The Morgan fingerprint density at radius 3 is 2.68 bits per heavy atom. The number of fused-ring (bicyclic) bond motifs is 1. The van der Waals surface area contributed by atoms with Gasteiger partial charge < -0.3 is 15.2 Å². The van der Waals surface area contributed by atoms with Gasteiger partial charge in [0.2, 0.25) is 5.91 Å². The second-order valence-corrected chi connectivity index (χ2v) is 6.25. The number of nitrogens with two attached hydrogens (primary N) is 1. The van der Waals surface area contributed by atoms with E-state index in [9.17, 15) is 9.59 Å². The average molecular weight is 335 g/mol. The zero-order valence-corrected chi connectivity index (χ0v) is 13.5. The monoisotopic (exact) mass is 335 g/mol.